The van der Waals surface area contributed by atoms with Crippen LogP contribution in [0.3, 0.4) is 0 Å². The van der Waals surface area contributed by atoms with Crippen molar-refractivity contribution in [1.82, 2.24) is 10.2 Å². The van der Waals surface area contributed by atoms with Crippen molar-refractivity contribution in [3.8, 4) is 0 Å². The minimum atomic E-state index is -2.42. The van der Waals surface area contributed by atoms with E-state index in [4.69, 9.17) is 13.3 Å². The van der Waals surface area contributed by atoms with Gasteiger partial charge in [0.25, 0.3) is 0 Å². The lowest BCUT2D eigenvalue weighted by atomic mass is 10.2. The van der Waals surface area contributed by atoms with Crippen LogP contribution >= 0.6 is 0 Å². The Morgan fingerprint density at radius 1 is 1.00 bits per heavy atom. The molecule has 0 aliphatic heterocycles. The van der Waals surface area contributed by atoms with Crippen LogP contribution in [0, 0.1) is 0 Å². The molecule has 0 atom stereocenters. The number of hydrogen-bond acceptors (Lipinski definition) is 5. The highest BCUT2D eigenvalue weighted by Crippen LogP contribution is 2.14. The highest BCUT2D eigenvalue weighted by molar-refractivity contribution is 6.60. The number of hydrogen-bond donors (Lipinski definition) is 1. The molecule has 1 aromatic carbocycles. The lowest BCUT2D eigenvalue weighted by Gasteiger charge is -2.27. The molecule has 0 aliphatic rings. The van der Waals surface area contributed by atoms with Gasteiger partial charge in [-0.1, -0.05) is 30.3 Å². The van der Waals surface area contributed by atoms with Gasteiger partial charge in [-0.05, 0) is 32.4 Å². The summed E-state index contributed by atoms with van der Waals surface area (Å²) in [7, 11) is 2.57. The van der Waals surface area contributed by atoms with Gasteiger partial charge in [-0.3, -0.25) is 4.90 Å². The van der Waals surface area contributed by atoms with Gasteiger partial charge < -0.3 is 18.6 Å². The topological polar surface area (TPSA) is 43.0 Å². The predicted molar refractivity (Wildman–Crippen MR) is 101 cm³/mol. The normalized spacial score (nSPS) is 12.3. The summed E-state index contributed by atoms with van der Waals surface area (Å²) in [4.78, 5) is 2.49. The molecule has 0 radical (unpaired) electrons. The first-order chi connectivity index (χ1) is 11.6. The summed E-state index contributed by atoms with van der Waals surface area (Å²) < 4.78 is 16.3. The van der Waals surface area contributed by atoms with E-state index in [1.807, 2.05) is 0 Å². The van der Waals surface area contributed by atoms with Gasteiger partial charge in [0.05, 0.1) is 0 Å². The van der Waals surface area contributed by atoms with Crippen LogP contribution in [0.4, 0.5) is 0 Å². The molecule has 0 heterocycles. The summed E-state index contributed by atoms with van der Waals surface area (Å²) in [5, 5.41) is 3.52. The average molecular weight is 355 g/mol. The van der Waals surface area contributed by atoms with Crippen molar-refractivity contribution in [1.29, 1.82) is 0 Å². The van der Waals surface area contributed by atoms with Gasteiger partial charge in [0, 0.05) is 53.0 Å². The fourth-order valence-corrected chi connectivity index (χ4v) is 4.39. The van der Waals surface area contributed by atoms with E-state index in [0.717, 1.165) is 38.6 Å². The lowest BCUT2D eigenvalue weighted by Crippen LogP contribution is -2.43. The van der Waals surface area contributed by atoms with Crippen LogP contribution in [0.25, 0.3) is 0 Å². The van der Waals surface area contributed by atoms with Gasteiger partial charge >= 0.3 is 8.80 Å². The third-order valence-electron chi connectivity index (χ3n) is 4.30. The second-order valence-corrected chi connectivity index (χ2v) is 9.29. The fraction of sp³-hybridized carbons (Fsp3) is 0.667. The van der Waals surface area contributed by atoms with Crippen LogP contribution in [0.15, 0.2) is 30.3 Å². The molecular weight excluding hydrogens is 320 g/mol. The molecule has 5 nitrogen and oxygen atoms in total. The van der Waals surface area contributed by atoms with Gasteiger partial charge in [-0.2, -0.15) is 0 Å². The van der Waals surface area contributed by atoms with Crippen LogP contribution in [0.1, 0.15) is 25.8 Å². The number of nitrogens with one attached hydrogen (secondary N) is 1. The molecule has 0 saturated heterocycles. The summed E-state index contributed by atoms with van der Waals surface area (Å²) in [6.45, 7) is 8.45. The zero-order chi connectivity index (χ0) is 17.8. The Morgan fingerprint density at radius 3 is 2.17 bits per heavy atom. The average Bonchev–Trinajstić information content (AvgIpc) is 2.61. The molecule has 0 saturated carbocycles. The Balaban J connectivity index is 2.26. The Hall–Kier alpha value is -0.763. The minimum Gasteiger partial charge on any atom is -0.377 e. The van der Waals surface area contributed by atoms with Crippen molar-refractivity contribution in [2.75, 3.05) is 41.0 Å². The summed E-state index contributed by atoms with van der Waals surface area (Å²) >= 11 is 0. The van der Waals surface area contributed by atoms with Gasteiger partial charge in [-0.25, -0.2) is 0 Å². The molecule has 0 aromatic heterocycles. The quantitative estimate of drug-likeness (QED) is 0.436. The molecule has 1 aromatic rings. The van der Waals surface area contributed by atoms with Crippen LogP contribution in [0.5, 0.6) is 0 Å². The van der Waals surface area contributed by atoms with Gasteiger partial charge in [-0.15, -0.1) is 0 Å². The van der Waals surface area contributed by atoms with Crippen molar-refractivity contribution in [3.05, 3.63) is 35.9 Å². The van der Waals surface area contributed by atoms with E-state index in [1.54, 1.807) is 21.3 Å². The lowest BCUT2D eigenvalue weighted by molar-refractivity contribution is 0.123. The van der Waals surface area contributed by atoms with Crippen LogP contribution < -0.4 is 5.32 Å². The largest absolute Gasteiger partial charge is 0.500 e. The van der Waals surface area contributed by atoms with Crippen molar-refractivity contribution in [3.63, 3.8) is 0 Å². The summed E-state index contributed by atoms with van der Waals surface area (Å²) in [5.74, 6) is 0. The van der Waals surface area contributed by atoms with E-state index in [-0.39, 0.29) is 0 Å². The van der Waals surface area contributed by atoms with E-state index >= 15 is 0 Å². The van der Waals surface area contributed by atoms with Crippen LogP contribution in [0.2, 0.25) is 6.04 Å². The Labute approximate surface area is 148 Å². The van der Waals surface area contributed by atoms with Gasteiger partial charge in [0.15, 0.2) is 0 Å². The fourth-order valence-electron chi connectivity index (χ4n) is 2.67. The first-order valence-electron chi connectivity index (χ1n) is 8.71. The molecule has 6 heteroatoms. The molecule has 0 spiro atoms. The molecule has 24 heavy (non-hydrogen) atoms. The second-order valence-electron chi connectivity index (χ2n) is 6.20. The molecule has 0 unspecified atom stereocenters. The maximum atomic E-state index is 5.44. The molecule has 0 aliphatic carbocycles. The highest BCUT2D eigenvalue weighted by atomic mass is 28.4. The second kappa shape index (κ2) is 11.7. The zero-order valence-electron chi connectivity index (χ0n) is 15.9. The third-order valence-corrected chi connectivity index (χ3v) is 7.14. The van der Waals surface area contributed by atoms with E-state index in [1.165, 1.54) is 5.56 Å². The zero-order valence-corrected chi connectivity index (χ0v) is 16.9. The van der Waals surface area contributed by atoms with E-state index in [0.29, 0.717) is 6.04 Å². The smallest absolute Gasteiger partial charge is 0.377 e. The number of nitrogens with zero attached hydrogens (tertiary/aromatic N) is 1. The molecule has 0 fully saturated rings. The minimum absolute atomic E-state index is 0.530. The highest BCUT2D eigenvalue weighted by Gasteiger charge is 2.36. The molecule has 1 N–H and O–H groups in total. The maximum absolute atomic E-state index is 5.44. The predicted octanol–water partition coefficient (Wildman–Crippen LogP) is 2.75. The molecule has 0 bridgehead atoms. The van der Waals surface area contributed by atoms with Crippen LogP contribution in [-0.4, -0.2) is 60.7 Å². The maximum Gasteiger partial charge on any atom is 0.500 e. The van der Waals surface area contributed by atoms with Gasteiger partial charge in [0.2, 0.25) is 0 Å². The summed E-state index contributed by atoms with van der Waals surface area (Å²) in [6, 6.07) is 12.0. The van der Waals surface area contributed by atoms with E-state index in [9.17, 15) is 0 Å². The number of benzene rings is 1. The van der Waals surface area contributed by atoms with Gasteiger partial charge in [0.1, 0.15) is 0 Å². The van der Waals surface area contributed by atoms with Crippen molar-refractivity contribution in [2.24, 2.45) is 0 Å². The Morgan fingerprint density at radius 2 is 1.62 bits per heavy atom. The van der Waals surface area contributed by atoms with Crippen molar-refractivity contribution >= 4 is 8.80 Å². The Bertz CT molecular complexity index is 419. The molecule has 1 rings (SSSR count). The van der Waals surface area contributed by atoms with E-state index in [2.05, 4.69) is 54.4 Å². The first-order valence-corrected chi connectivity index (χ1v) is 10.6. The summed E-state index contributed by atoms with van der Waals surface area (Å²) in [6.07, 6.45) is 0.988. The summed E-state index contributed by atoms with van der Waals surface area (Å²) in [5.41, 5.74) is 1.36. The van der Waals surface area contributed by atoms with E-state index < -0.39 is 8.80 Å². The van der Waals surface area contributed by atoms with Crippen molar-refractivity contribution in [2.45, 2.75) is 38.9 Å². The van der Waals surface area contributed by atoms with Crippen LogP contribution in [-0.2, 0) is 19.8 Å². The van der Waals surface area contributed by atoms with Crippen molar-refractivity contribution < 1.29 is 13.3 Å². The monoisotopic (exact) mass is 354 g/mol. The molecule has 138 valence electrons. The first kappa shape index (κ1) is 21.3. The third kappa shape index (κ3) is 7.42. The Kier molecular flexibility index (Phi) is 10.4. The molecule has 0 amide bonds. The molecular formula is C18H34N2O3Si. The standard InChI is InChI=1S/C18H34N2O3Si/c1-17(2)20(16-18-10-7-6-8-11-18)14-13-19-12-9-15-24(21-3,22-4)23-5/h6-8,10-11,17,19H,9,12-16H2,1-5H3. The SMILES string of the molecule is CO[Si](CCCNCCN(Cc1ccccc1)C(C)C)(OC)OC. The number of rotatable bonds is 13.